The lowest BCUT2D eigenvalue weighted by Gasteiger charge is -2.16. The smallest absolute Gasteiger partial charge is 0.255 e. The molecular formula is C24H21FN6O2. The van der Waals surface area contributed by atoms with E-state index in [4.69, 9.17) is 0 Å². The summed E-state index contributed by atoms with van der Waals surface area (Å²) < 4.78 is 14.6. The average molecular weight is 444 g/mol. The Morgan fingerprint density at radius 3 is 2.27 bits per heavy atom. The fourth-order valence-corrected chi connectivity index (χ4v) is 3.35. The third kappa shape index (κ3) is 5.09. The van der Waals surface area contributed by atoms with Crippen molar-refractivity contribution in [2.45, 2.75) is 19.9 Å². The first-order valence-corrected chi connectivity index (χ1v) is 10.2. The number of carbonyl (C=O) groups is 2. The van der Waals surface area contributed by atoms with Crippen molar-refractivity contribution >= 4 is 17.5 Å². The summed E-state index contributed by atoms with van der Waals surface area (Å²) in [6, 6.07) is 17.5. The minimum Gasteiger partial charge on any atom is -0.346 e. The van der Waals surface area contributed by atoms with Gasteiger partial charge in [0.15, 0.2) is 0 Å². The zero-order valence-corrected chi connectivity index (χ0v) is 18.0. The Hall–Kier alpha value is -4.40. The normalized spacial score (nSPS) is 11.6. The second-order valence-corrected chi connectivity index (χ2v) is 7.53. The molecule has 0 saturated carbocycles. The van der Waals surface area contributed by atoms with Crippen LogP contribution in [0.2, 0.25) is 0 Å². The molecule has 1 heterocycles. The highest BCUT2D eigenvalue weighted by Crippen LogP contribution is 2.19. The van der Waals surface area contributed by atoms with Gasteiger partial charge in [-0.15, -0.1) is 5.10 Å². The molecule has 1 unspecified atom stereocenters. The Kier molecular flexibility index (Phi) is 6.21. The number of halogens is 1. The average Bonchev–Trinajstić information content (AvgIpc) is 3.34. The van der Waals surface area contributed by atoms with Crippen LogP contribution in [-0.4, -0.2) is 32.0 Å². The summed E-state index contributed by atoms with van der Waals surface area (Å²) in [6.07, 6.45) is 1.50. The van der Waals surface area contributed by atoms with E-state index in [0.29, 0.717) is 16.8 Å². The Bertz CT molecular complexity index is 1270. The van der Waals surface area contributed by atoms with E-state index in [9.17, 15) is 14.0 Å². The van der Waals surface area contributed by atoms with Gasteiger partial charge in [0.1, 0.15) is 12.1 Å². The monoisotopic (exact) mass is 444 g/mol. The zero-order valence-electron chi connectivity index (χ0n) is 18.0. The summed E-state index contributed by atoms with van der Waals surface area (Å²) in [4.78, 5) is 25.0. The minimum absolute atomic E-state index is 0.206. The van der Waals surface area contributed by atoms with Gasteiger partial charge >= 0.3 is 0 Å². The van der Waals surface area contributed by atoms with E-state index in [1.54, 1.807) is 30.3 Å². The van der Waals surface area contributed by atoms with Crippen LogP contribution in [0.5, 0.6) is 0 Å². The van der Waals surface area contributed by atoms with E-state index < -0.39 is 5.82 Å². The Morgan fingerprint density at radius 2 is 1.64 bits per heavy atom. The van der Waals surface area contributed by atoms with E-state index in [-0.39, 0.29) is 17.9 Å². The minimum atomic E-state index is -0.398. The third-order valence-corrected chi connectivity index (χ3v) is 5.18. The molecule has 33 heavy (non-hydrogen) atoms. The van der Waals surface area contributed by atoms with Crippen LogP contribution in [0.1, 0.15) is 44.8 Å². The topological polar surface area (TPSA) is 102 Å². The Balaban J connectivity index is 1.38. The quantitative estimate of drug-likeness (QED) is 0.470. The molecule has 0 saturated heterocycles. The van der Waals surface area contributed by atoms with Crippen molar-refractivity contribution in [1.82, 2.24) is 25.5 Å². The summed E-state index contributed by atoms with van der Waals surface area (Å²) in [6.45, 7) is 3.77. The van der Waals surface area contributed by atoms with Gasteiger partial charge in [0.25, 0.3) is 11.8 Å². The lowest BCUT2D eigenvalue weighted by Crippen LogP contribution is -2.26. The summed E-state index contributed by atoms with van der Waals surface area (Å²) in [5.41, 5.74) is 4.03. The molecule has 0 radical (unpaired) electrons. The highest BCUT2D eigenvalue weighted by Gasteiger charge is 2.14. The van der Waals surface area contributed by atoms with Gasteiger partial charge < -0.3 is 10.6 Å². The Labute approximate surface area is 189 Å². The molecule has 0 spiro atoms. The van der Waals surface area contributed by atoms with Crippen LogP contribution < -0.4 is 10.6 Å². The molecule has 3 aromatic carbocycles. The van der Waals surface area contributed by atoms with Crippen molar-refractivity contribution in [2.75, 3.05) is 5.32 Å². The van der Waals surface area contributed by atoms with Crippen LogP contribution in [0.3, 0.4) is 0 Å². The van der Waals surface area contributed by atoms with Crippen molar-refractivity contribution in [3.63, 3.8) is 0 Å². The molecule has 1 atom stereocenters. The molecule has 0 aliphatic carbocycles. The van der Waals surface area contributed by atoms with Crippen LogP contribution in [0.15, 0.2) is 73.1 Å². The van der Waals surface area contributed by atoms with Crippen molar-refractivity contribution in [2.24, 2.45) is 0 Å². The Morgan fingerprint density at radius 1 is 0.939 bits per heavy atom. The molecule has 2 amide bonds. The van der Waals surface area contributed by atoms with Crippen molar-refractivity contribution < 1.29 is 14.0 Å². The van der Waals surface area contributed by atoms with Crippen LogP contribution in [0.4, 0.5) is 10.1 Å². The molecule has 4 rings (SSSR count). The molecule has 4 aromatic rings. The number of nitrogens with one attached hydrogen (secondary N) is 2. The molecular weight excluding hydrogens is 423 g/mol. The molecule has 0 fully saturated rings. The molecule has 166 valence electrons. The first-order chi connectivity index (χ1) is 15.9. The molecule has 8 nitrogen and oxygen atoms in total. The van der Waals surface area contributed by atoms with Gasteiger partial charge in [0.2, 0.25) is 0 Å². The fourth-order valence-electron chi connectivity index (χ4n) is 3.35. The highest BCUT2D eigenvalue weighted by molar-refractivity contribution is 6.04. The van der Waals surface area contributed by atoms with Gasteiger partial charge in [-0.3, -0.25) is 9.59 Å². The number of tetrazole rings is 1. The largest absolute Gasteiger partial charge is 0.346 e. The van der Waals surface area contributed by atoms with Gasteiger partial charge in [-0.05, 0) is 90.0 Å². The summed E-state index contributed by atoms with van der Waals surface area (Å²) in [7, 11) is 0. The molecule has 1 aromatic heterocycles. The van der Waals surface area contributed by atoms with Gasteiger partial charge in [0, 0.05) is 16.8 Å². The van der Waals surface area contributed by atoms with Crippen LogP contribution >= 0.6 is 0 Å². The number of amides is 2. The first kappa shape index (κ1) is 21.8. The van der Waals surface area contributed by atoms with E-state index in [1.807, 2.05) is 26.0 Å². The van der Waals surface area contributed by atoms with Crippen molar-refractivity contribution in [3.05, 3.63) is 101 Å². The van der Waals surface area contributed by atoms with Gasteiger partial charge in [-0.25, -0.2) is 9.07 Å². The maximum atomic E-state index is 13.0. The second-order valence-electron chi connectivity index (χ2n) is 7.53. The van der Waals surface area contributed by atoms with E-state index >= 15 is 0 Å². The number of hydrogen-bond donors (Lipinski definition) is 2. The van der Waals surface area contributed by atoms with Crippen molar-refractivity contribution in [3.8, 4) is 5.69 Å². The molecule has 0 bridgehead atoms. The standard InChI is InChI=1S/C24H21FN6O2/c1-15-13-19(7-12-22(15)31-14-26-29-30-31)24(33)27-16(2)17-5-10-21(11-6-17)28-23(32)18-3-8-20(25)9-4-18/h3-14,16H,1-2H3,(H,27,33)(H,28,32). The SMILES string of the molecule is Cc1cc(C(=O)NC(C)c2ccc(NC(=O)c3ccc(F)cc3)cc2)ccc1-n1cnnn1. The van der Waals surface area contributed by atoms with Crippen LogP contribution in [0, 0.1) is 12.7 Å². The van der Waals surface area contributed by atoms with Crippen LogP contribution in [-0.2, 0) is 0 Å². The number of aromatic nitrogens is 4. The van der Waals surface area contributed by atoms with E-state index in [1.165, 1.54) is 35.3 Å². The number of anilines is 1. The number of carbonyl (C=O) groups excluding carboxylic acids is 2. The van der Waals surface area contributed by atoms with Crippen LogP contribution in [0.25, 0.3) is 5.69 Å². The maximum Gasteiger partial charge on any atom is 0.255 e. The zero-order chi connectivity index (χ0) is 23.4. The number of benzene rings is 3. The number of rotatable bonds is 6. The number of hydrogen-bond acceptors (Lipinski definition) is 5. The van der Waals surface area contributed by atoms with Gasteiger partial charge in [-0.2, -0.15) is 0 Å². The summed E-state index contributed by atoms with van der Waals surface area (Å²) in [5, 5.41) is 16.9. The predicted molar refractivity (Wildman–Crippen MR) is 121 cm³/mol. The summed E-state index contributed by atoms with van der Waals surface area (Å²) in [5.74, 6) is -0.933. The van der Waals surface area contributed by atoms with Gasteiger partial charge in [0.05, 0.1) is 11.7 Å². The second kappa shape index (κ2) is 9.39. The third-order valence-electron chi connectivity index (χ3n) is 5.18. The highest BCUT2D eigenvalue weighted by atomic mass is 19.1. The lowest BCUT2D eigenvalue weighted by molar-refractivity contribution is 0.0939. The predicted octanol–water partition coefficient (Wildman–Crippen LogP) is 3.85. The first-order valence-electron chi connectivity index (χ1n) is 10.2. The number of aryl methyl sites for hydroxylation is 1. The lowest BCUT2D eigenvalue weighted by atomic mass is 10.1. The fraction of sp³-hybridized carbons (Fsp3) is 0.125. The van der Waals surface area contributed by atoms with E-state index in [2.05, 4.69) is 26.2 Å². The summed E-state index contributed by atoms with van der Waals surface area (Å²) >= 11 is 0. The molecule has 0 aliphatic heterocycles. The number of nitrogens with zero attached hydrogens (tertiary/aromatic N) is 4. The van der Waals surface area contributed by atoms with Gasteiger partial charge in [-0.1, -0.05) is 12.1 Å². The van der Waals surface area contributed by atoms with Crippen molar-refractivity contribution in [1.29, 1.82) is 0 Å². The molecule has 2 N–H and O–H groups in total. The maximum absolute atomic E-state index is 13.0. The molecule has 9 heteroatoms. The molecule has 0 aliphatic rings. The van der Waals surface area contributed by atoms with E-state index in [0.717, 1.165) is 16.8 Å².